The van der Waals surface area contributed by atoms with Crippen molar-refractivity contribution in [2.75, 3.05) is 0 Å². The topological polar surface area (TPSA) is 77.7 Å². The van der Waals surface area contributed by atoms with Crippen LogP contribution in [-0.4, -0.2) is 38.1 Å². The zero-order valence-electron chi connectivity index (χ0n) is 80.9. The quantitative estimate of drug-likeness (QED) is 0.121. The highest BCUT2D eigenvalue weighted by atomic mass is 15.0. The van der Waals surface area contributed by atoms with Gasteiger partial charge in [0.15, 0.2) is 0 Å². The lowest BCUT2D eigenvalue weighted by molar-refractivity contribution is 1.31. The first-order valence-corrected chi connectivity index (χ1v) is 50.8. The molecule has 31 rings (SSSR count). The molecule has 0 spiro atoms. The number of hydrogen-bond donors (Lipinski definition) is 0. The highest BCUT2D eigenvalue weighted by molar-refractivity contribution is 6.20. The van der Waals surface area contributed by atoms with Gasteiger partial charge in [-0.2, -0.15) is 0 Å². The summed E-state index contributed by atoms with van der Waals surface area (Å²) in [5, 5.41) is 21.7. The molecule has 8 heterocycles. The van der Waals surface area contributed by atoms with E-state index in [0.29, 0.717) is 0 Å². The van der Waals surface area contributed by atoms with Gasteiger partial charge in [-0.15, -0.1) is 0 Å². The molecule has 0 unspecified atom stereocenters. The molecule has 23 aromatic carbocycles. The standard InChI is InChI=1S/C51H32N2.C48H29N3.C42H27N3/c1-3-9-39-29-41(23-21-33(39)7-1)35-13-17-37(18-14-35)43-25-27-45-46(31-43)47-32-44(26-28-49(47)53-50-12-6-5-11-48(50)52-51(45)53)38-19-15-36(16-20-38)42-24-22-34-8-2-4-10-40(34)30-42;1-2-9-35-27-36(20-15-30(35)7-1)38-21-24-40-41(28-38)42-29-37(23-26-45(42)51-46-12-6-5-11-44(46)50-48(40)51)31-13-17-33(18-14-31)43-25-22-34-19-16-32-8-3-4-10-39(32)47(34)49-43;1-2-8-28(9-3-1)29-13-15-30(16-14-29)33-21-23-35-36(26-33)37-27-34(31-17-19-32(20-18-31)38-10-6-7-25-43-38)22-24-40(37)45-41-12-5-4-11-39(41)44-42(35)45/h1-32H;1-29H;1-27H. The second-order valence-corrected chi connectivity index (χ2v) is 39.0. The largest absolute Gasteiger partial charge is 0.292 e. The van der Waals surface area contributed by atoms with E-state index >= 15 is 0 Å². The number of pyridine rings is 5. The molecular formula is C141H88N8. The van der Waals surface area contributed by atoms with Crippen molar-refractivity contribution >= 4 is 169 Å². The summed E-state index contributed by atoms with van der Waals surface area (Å²) >= 11 is 0. The van der Waals surface area contributed by atoms with Crippen LogP contribution in [0.4, 0.5) is 0 Å². The Hall–Kier alpha value is -19.9. The van der Waals surface area contributed by atoms with Crippen molar-refractivity contribution in [3.8, 4) is 123 Å². The van der Waals surface area contributed by atoms with E-state index in [1.165, 1.54) is 176 Å². The molecule has 0 N–H and O–H groups in total. The molecule has 31 aromatic rings. The summed E-state index contributed by atoms with van der Waals surface area (Å²) in [6.45, 7) is 0. The van der Waals surface area contributed by atoms with Crippen LogP contribution in [-0.2, 0) is 0 Å². The van der Waals surface area contributed by atoms with Crippen LogP contribution in [0.25, 0.3) is 292 Å². The molecule has 0 amide bonds. The molecule has 0 bridgehead atoms. The number of benzene rings is 23. The molecule has 0 aliphatic heterocycles. The fraction of sp³-hybridized carbons (Fsp3) is 0. The first-order valence-electron chi connectivity index (χ1n) is 50.8. The first-order chi connectivity index (χ1) is 73.8. The van der Waals surface area contributed by atoms with Crippen LogP contribution in [0.5, 0.6) is 0 Å². The lowest BCUT2D eigenvalue weighted by Crippen LogP contribution is -1.93. The van der Waals surface area contributed by atoms with Gasteiger partial charge in [0.05, 0.1) is 66.6 Å². The van der Waals surface area contributed by atoms with E-state index in [9.17, 15) is 0 Å². The summed E-state index contributed by atoms with van der Waals surface area (Å²) in [4.78, 5) is 25.1. The van der Waals surface area contributed by atoms with E-state index in [-0.39, 0.29) is 0 Å². The predicted octanol–water partition coefficient (Wildman–Crippen LogP) is 37.3. The summed E-state index contributed by atoms with van der Waals surface area (Å²) in [5.74, 6) is 0. The van der Waals surface area contributed by atoms with Crippen molar-refractivity contribution in [2.24, 2.45) is 0 Å². The smallest absolute Gasteiger partial charge is 0.146 e. The van der Waals surface area contributed by atoms with Crippen molar-refractivity contribution in [3.63, 3.8) is 0 Å². The molecule has 692 valence electrons. The molecule has 0 saturated heterocycles. The van der Waals surface area contributed by atoms with Crippen molar-refractivity contribution < 1.29 is 0 Å². The van der Waals surface area contributed by atoms with Gasteiger partial charge in [-0.3, -0.25) is 18.2 Å². The Kier molecular flexibility index (Phi) is 20.5. The average molecular weight is 1890 g/mol. The van der Waals surface area contributed by atoms with E-state index in [1.54, 1.807) is 0 Å². The summed E-state index contributed by atoms with van der Waals surface area (Å²) in [6, 6.07) is 190. The second kappa shape index (κ2) is 35.6. The van der Waals surface area contributed by atoms with E-state index in [4.69, 9.17) is 19.9 Å². The number of imidazole rings is 3. The van der Waals surface area contributed by atoms with Crippen LogP contribution in [0.15, 0.2) is 534 Å². The number of hydrogen-bond acceptors (Lipinski definition) is 5. The molecular weight excluding hydrogens is 1810 g/mol. The Balaban J connectivity index is 0.000000106. The Bertz CT molecular complexity index is 10800. The van der Waals surface area contributed by atoms with Gasteiger partial charge in [0.1, 0.15) is 16.9 Å². The van der Waals surface area contributed by atoms with Gasteiger partial charge in [0, 0.05) is 60.4 Å². The number of para-hydroxylation sites is 6. The van der Waals surface area contributed by atoms with Gasteiger partial charge in [-0.05, 0) is 300 Å². The maximum atomic E-state index is 5.16. The van der Waals surface area contributed by atoms with Crippen molar-refractivity contribution in [1.82, 2.24) is 38.1 Å². The van der Waals surface area contributed by atoms with Crippen LogP contribution < -0.4 is 0 Å². The molecule has 0 fully saturated rings. The van der Waals surface area contributed by atoms with E-state index < -0.39 is 0 Å². The van der Waals surface area contributed by atoms with Gasteiger partial charge < -0.3 is 0 Å². The highest BCUT2D eigenvalue weighted by Gasteiger charge is 2.23. The summed E-state index contributed by atoms with van der Waals surface area (Å²) < 4.78 is 6.97. The predicted molar refractivity (Wildman–Crippen MR) is 626 cm³/mol. The van der Waals surface area contributed by atoms with Crippen molar-refractivity contribution in [1.29, 1.82) is 0 Å². The molecule has 8 aromatic heterocycles. The Labute approximate surface area is 857 Å². The molecule has 0 atom stereocenters. The van der Waals surface area contributed by atoms with Gasteiger partial charge in [0.2, 0.25) is 0 Å². The zero-order valence-corrected chi connectivity index (χ0v) is 80.9. The normalized spacial score (nSPS) is 11.8. The van der Waals surface area contributed by atoms with Crippen LogP contribution >= 0.6 is 0 Å². The lowest BCUT2D eigenvalue weighted by atomic mass is 9.94. The third-order valence-electron chi connectivity index (χ3n) is 30.3. The van der Waals surface area contributed by atoms with E-state index in [2.05, 4.69) is 528 Å². The molecule has 8 nitrogen and oxygen atoms in total. The minimum Gasteiger partial charge on any atom is -0.292 e. The van der Waals surface area contributed by atoms with Crippen LogP contribution in [0, 0.1) is 0 Å². The summed E-state index contributed by atoms with van der Waals surface area (Å²) in [5.41, 5.74) is 39.6. The first kappa shape index (κ1) is 85.8. The monoisotopic (exact) mass is 1890 g/mol. The second-order valence-electron chi connectivity index (χ2n) is 39.0. The number of fused-ring (bicyclic) bond motifs is 30. The fourth-order valence-electron chi connectivity index (χ4n) is 22.7. The molecule has 8 heteroatoms. The maximum absolute atomic E-state index is 5.16. The summed E-state index contributed by atoms with van der Waals surface area (Å²) in [7, 11) is 0. The highest BCUT2D eigenvalue weighted by Crippen LogP contribution is 2.45. The minimum atomic E-state index is 0.977. The van der Waals surface area contributed by atoms with Gasteiger partial charge in [-0.1, -0.05) is 382 Å². The van der Waals surface area contributed by atoms with E-state index in [1.807, 2.05) is 24.4 Å². The third kappa shape index (κ3) is 15.2. The molecule has 0 aliphatic rings. The molecule has 0 saturated carbocycles. The van der Waals surface area contributed by atoms with Crippen molar-refractivity contribution in [3.05, 3.63) is 534 Å². The lowest BCUT2D eigenvalue weighted by Gasteiger charge is -2.13. The van der Waals surface area contributed by atoms with Crippen LogP contribution in [0.2, 0.25) is 0 Å². The maximum Gasteiger partial charge on any atom is 0.146 e. The number of nitrogens with zero attached hydrogens (tertiary/aromatic N) is 8. The molecule has 0 radical (unpaired) electrons. The summed E-state index contributed by atoms with van der Waals surface area (Å²) in [6.07, 6.45) is 1.84. The molecule has 149 heavy (non-hydrogen) atoms. The third-order valence-corrected chi connectivity index (χ3v) is 30.3. The van der Waals surface area contributed by atoms with Crippen molar-refractivity contribution in [2.45, 2.75) is 0 Å². The molecule has 0 aliphatic carbocycles. The van der Waals surface area contributed by atoms with Crippen LogP contribution in [0.1, 0.15) is 0 Å². The minimum absolute atomic E-state index is 0.977. The number of aromatic nitrogens is 8. The Morgan fingerprint density at radius 3 is 0.779 bits per heavy atom. The Morgan fingerprint density at radius 1 is 0.128 bits per heavy atom. The van der Waals surface area contributed by atoms with Gasteiger partial charge in [-0.25, -0.2) is 19.9 Å². The Morgan fingerprint density at radius 2 is 0.389 bits per heavy atom. The van der Waals surface area contributed by atoms with Gasteiger partial charge in [0.25, 0.3) is 0 Å². The zero-order chi connectivity index (χ0) is 98.1. The van der Waals surface area contributed by atoms with Gasteiger partial charge >= 0.3 is 0 Å². The number of rotatable bonds is 11. The van der Waals surface area contributed by atoms with E-state index in [0.717, 1.165) is 116 Å². The van der Waals surface area contributed by atoms with Crippen LogP contribution in [0.3, 0.4) is 0 Å². The average Bonchev–Trinajstić information content (AvgIpc) is 1.62. The fourth-order valence-corrected chi connectivity index (χ4v) is 22.7. The SMILES string of the molecule is c1ccc(-c2ccc(-c3ccc4c(c3)c3cc(-c5ccc(-c6ccccn6)cc5)ccc3n3c5ccccc5nc43)cc2)cc1.c1ccc2cc(-c3ccc(-c4ccc5c(c4)c4cc(-c6ccc(-c7ccc8ccccc8c7)cc6)ccc4n4c6ccccc6nc54)cc3)ccc2c1.c1ccc2cc(-c3ccc4c(c3)c3cc(-c5ccc(-c6ccc7ccc8ccccc8c7n6)cc5)ccc3n3c5ccccc5nc43)ccc2c1.